The molecule has 0 saturated carbocycles. The van der Waals surface area contributed by atoms with Crippen LogP contribution in [-0.2, 0) is 9.59 Å². The van der Waals surface area contributed by atoms with E-state index in [-0.39, 0.29) is 45.8 Å². The first-order chi connectivity index (χ1) is 18.2. The Morgan fingerprint density at radius 2 is 1.71 bits per heavy atom. The highest BCUT2D eigenvalue weighted by Gasteiger charge is 2.47. The number of hydrogen-bond donors (Lipinski definition) is 2. The molecule has 1 atom stereocenters. The Bertz CT molecular complexity index is 1490. The first-order valence-corrected chi connectivity index (χ1v) is 11.8. The van der Waals surface area contributed by atoms with E-state index in [0.717, 1.165) is 0 Å². The van der Waals surface area contributed by atoms with Crippen LogP contribution in [0.1, 0.15) is 29.7 Å². The summed E-state index contributed by atoms with van der Waals surface area (Å²) in [4.78, 5) is 28.1. The summed E-state index contributed by atoms with van der Waals surface area (Å²) in [5, 5.41) is 31.2. The zero-order valence-corrected chi connectivity index (χ0v) is 21.4. The van der Waals surface area contributed by atoms with Gasteiger partial charge in [-0.2, -0.15) is 5.26 Å². The minimum Gasteiger partial charge on any atom is -0.507 e. The number of methoxy groups -OCH3 is 2. The van der Waals surface area contributed by atoms with E-state index in [0.29, 0.717) is 16.8 Å². The summed E-state index contributed by atoms with van der Waals surface area (Å²) in [7, 11) is 2.77. The fourth-order valence-corrected chi connectivity index (χ4v) is 4.50. The molecule has 1 aliphatic rings. The van der Waals surface area contributed by atoms with Crippen LogP contribution in [0.2, 0.25) is 5.02 Å². The molecular formula is C28H23ClN2O7. The predicted molar refractivity (Wildman–Crippen MR) is 140 cm³/mol. The number of anilines is 1. The van der Waals surface area contributed by atoms with Gasteiger partial charge in [0.1, 0.15) is 17.3 Å². The monoisotopic (exact) mass is 534 g/mol. The number of hydrogen-bond acceptors (Lipinski definition) is 8. The molecule has 1 aliphatic heterocycles. The molecule has 2 N–H and O–H groups in total. The van der Waals surface area contributed by atoms with Crippen LogP contribution in [-0.4, -0.2) is 42.7 Å². The Kier molecular flexibility index (Phi) is 7.46. The van der Waals surface area contributed by atoms with E-state index < -0.39 is 23.5 Å². The second kappa shape index (κ2) is 10.7. The van der Waals surface area contributed by atoms with Gasteiger partial charge in [0.25, 0.3) is 11.7 Å². The normalized spacial score (nSPS) is 16.3. The Balaban J connectivity index is 2.01. The third-order valence-electron chi connectivity index (χ3n) is 6.05. The lowest BCUT2D eigenvalue weighted by Crippen LogP contribution is -2.29. The molecule has 194 valence electrons. The van der Waals surface area contributed by atoms with E-state index in [1.54, 1.807) is 6.92 Å². The smallest absolute Gasteiger partial charge is 0.300 e. The topological polar surface area (TPSA) is 129 Å². The first-order valence-electron chi connectivity index (χ1n) is 11.4. The average molecular weight is 535 g/mol. The molecule has 1 saturated heterocycles. The van der Waals surface area contributed by atoms with Crippen LogP contribution in [0.25, 0.3) is 5.76 Å². The zero-order valence-electron chi connectivity index (χ0n) is 20.7. The predicted octanol–water partition coefficient (Wildman–Crippen LogP) is 4.96. The molecule has 9 nitrogen and oxygen atoms in total. The van der Waals surface area contributed by atoms with Gasteiger partial charge in [-0.05, 0) is 55.0 Å². The molecule has 3 aromatic rings. The zero-order chi connectivity index (χ0) is 27.6. The maximum Gasteiger partial charge on any atom is 0.300 e. The maximum atomic E-state index is 13.5. The van der Waals surface area contributed by atoms with E-state index in [9.17, 15) is 25.1 Å². The number of amides is 1. The van der Waals surface area contributed by atoms with Crippen LogP contribution in [0.15, 0.2) is 60.2 Å². The van der Waals surface area contributed by atoms with Crippen LogP contribution >= 0.6 is 11.6 Å². The average Bonchev–Trinajstić information content (AvgIpc) is 3.19. The summed E-state index contributed by atoms with van der Waals surface area (Å²) in [6.07, 6.45) is 0. The minimum atomic E-state index is -1.12. The molecule has 1 amide bonds. The van der Waals surface area contributed by atoms with Crippen molar-refractivity contribution in [3.63, 3.8) is 0 Å². The van der Waals surface area contributed by atoms with Gasteiger partial charge in [0.2, 0.25) is 0 Å². The van der Waals surface area contributed by atoms with E-state index in [1.165, 1.54) is 73.7 Å². The van der Waals surface area contributed by atoms with E-state index >= 15 is 0 Å². The number of phenols is 1. The standard InChI is InChI=1S/C28H23ClN2O7/c1-4-38-23-11-16(7-10-20(23)32)25-24(26(33)18-12-22(37-3)19(29)13-21(18)36-2)27(34)28(35)31(25)17-8-5-15(14-30)6-9-17/h5-13,25,32-33H,4H2,1-3H3/b26-24+. The summed E-state index contributed by atoms with van der Waals surface area (Å²) < 4.78 is 16.2. The third kappa shape index (κ3) is 4.58. The van der Waals surface area contributed by atoms with Gasteiger partial charge in [0.15, 0.2) is 11.5 Å². The lowest BCUT2D eigenvalue weighted by Gasteiger charge is -2.26. The third-order valence-corrected chi connectivity index (χ3v) is 6.34. The highest BCUT2D eigenvalue weighted by atomic mass is 35.5. The van der Waals surface area contributed by atoms with Gasteiger partial charge in [-0.25, -0.2) is 0 Å². The molecule has 0 aliphatic carbocycles. The first kappa shape index (κ1) is 26.4. The largest absolute Gasteiger partial charge is 0.507 e. The number of ketones is 1. The lowest BCUT2D eigenvalue weighted by atomic mass is 9.94. The molecule has 0 aromatic heterocycles. The number of phenolic OH excluding ortho intramolecular Hbond substituents is 1. The van der Waals surface area contributed by atoms with Gasteiger partial charge in [-0.1, -0.05) is 17.7 Å². The number of aromatic hydroxyl groups is 1. The molecular weight excluding hydrogens is 512 g/mol. The van der Waals surface area contributed by atoms with E-state index in [1.807, 2.05) is 6.07 Å². The van der Waals surface area contributed by atoms with Crippen LogP contribution in [0.3, 0.4) is 0 Å². The quantitative estimate of drug-likeness (QED) is 0.247. The van der Waals surface area contributed by atoms with Crippen molar-refractivity contribution >= 4 is 34.7 Å². The molecule has 1 fully saturated rings. The second-order valence-electron chi connectivity index (χ2n) is 8.17. The molecule has 38 heavy (non-hydrogen) atoms. The number of Topliss-reactive ketones (excluding diaryl/α,β-unsaturated/α-hetero) is 1. The number of halogens is 1. The Hall–Kier alpha value is -4.68. The van der Waals surface area contributed by atoms with Crippen LogP contribution in [0.4, 0.5) is 5.69 Å². The number of benzene rings is 3. The van der Waals surface area contributed by atoms with Gasteiger partial charge in [0, 0.05) is 11.8 Å². The van der Waals surface area contributed by atoms with Crippen molar-refractivity contribution in [2.24, 2.45) is 0 Å². The van der Waals surface area contributed by atoms with Crippen LogP contribution in [0.5, 0.6) is 23.0 Å². The Morgan fingerprint density at radius 1 is 1.03 bits per heavy atom. The molecule has 0 bridgehead atoms. The van der Waals surface area contributed by atoms with Crippen molar-refractivity contribution in [2.75, 3.05) is 25.7 Å². The molecule has 3 aromatic carbocycles. The Labute approximate surface area is 223 Å². The summed E-state index contributed by atoms with van der Waals surface area (Å²) in [6.45, 7) is 2.00. The Morgan fingerprint density at radius 3 is 2.32 bits per heavy atom. The number of carbonyl (C=O) groups excluding carboxylic acids is 2. The van der Waals surface area contributed by atoms with Gasteiger partial charge < -0.3 is 24.4 Å². The molecule has 10 heteroatoms. The highest BCUT2D eigenvalue weighted by Crippen LogP contribution is 2.46. The SMILES string of the molecule is CCOc1cc(C2/C(=C(\O)c3cc(OC)c(Cl)cc3OC)C(=O)C(=O)N2c2ccc(C#N)cc2)ccc1O. The van der Waals surface area contributed by atoms with Gasteiger partial charge >= 0.3 is 0 Å². The van der Waals surface area contributed by atoms with Gasteiger partial charge in [0.05, 0.1) is 54.7 Å². The molecule has 0 spiro atoms. The maximum absolute atomic E-state index is 13.5. The number of nitrogens with zero attached hydrogens (tertiary/aromatic N) is 2. The van der Waals surface area contributed by atoms with Gasteiger partial charge in [-0.15, -0.1) is 0 Å². The molecule has 0 radical (unpaired) electrons. The van der Waals surface area contributed by atoms with Crippen molar-refractivity contribution in [1.82, 2.24) is 0 Å². The minimum absolute atomic E-state index is 0.0837. The molecule has 1 heterocycles. The highest BCUT2D eigenvalue weighted by molar-refractivity contribution is 6.51. The molecule has 4 rings (SSSR count). The second-order valence-corrected chi connectivity index (χ2v) is 8.58. The van der Waals surface area contributed by atoms with Crippen LogP contribution < -0.4 is 19.1 Å². The molecule has 1 unspecified atom stereocenters. The number of rotatable bonds is 7. The van der Waals surface area contributed by atoms with Gasteiger partial charge in [-0.3, -0.25) is 14.5 Å². The number of carbonyl (C=O) groups is 2. The fraction of sp³-hybridized carbons (Fsp3) is 0.179. The lowest BCUT2D eigenvalue weighted by molar-refractivity contribution is -0.132. The summed E-state index contributed by atoms with van der Waals surface area (Å²) in [5.74, 6) is -1.97. The number of nitriles is 1. The fourth-order valence-electron chi connectivity index (χ4n) is 4.27. The summed E-state index contributed by atoms with van der Waals surface area (Å²) >= 11 is 6.22. The van der Waals surface area contributed by atoms with E-state index in [4.69, 9.17) is 25.8 Å². The summed E-state index contributed by atoms with van der Waals surface area (Å²) in [6, 6.07) is 14.2. The number of ether oxygens (including phenoxy) is 3. The van der Waals surface area contributed by atoms with Crippen molar-refractivity contribution < 1.29 is 34.0 Å². The number of aliphatic hydroxyl groups is 1. The number of aliphatic hydroxyl groups excluding tert-OH is 1. The van der Waals surface area contributed by atoms with E-state index in [2.05, 4.69) is 0 Å². The van der Waals surface area contributed by atoms with Crippen molar-refractivity contribution in [1.29, 1.82) is 5.26 Å². The van der Waals surface area contributed by atoms with Crippen molar-refractivity contribution in [3.8, 4) is 29.1 Å². The summed E-state index contributed by atoms with van der Waals surface area (Å²) in [5.41, 5.74) is 0.928. The van der Waals surface area contributed by atoms with Crippen LogP contribution in [0, 0.1) is 11.3 Å². The van der Waals surface area contributed by atoms with Crippen molar-refractivity contribution in [3.05, 3.63) is 81.9 Å². The van der Waals surface area contributed by atoms with Crippen molar-refractivity contribution in [2.45, 2.75) is 13.0 Å².